The SMILES string of the molecule is Cc1nn(C)c(N(C)Cc2cscn2)c1C=CC(=O)O. The van der Waals surface area contributed by atoms with Crippen LogP contribution in [0.4, 0.5) is 5.82 Å². The summed E-state index contributed by atoms with van der Waals surface area (Å²) < 4.78 is 1.75. The normalized spacial score (nSPS) is 11.2. The van der Waals surface area contributed by atoms with E-state index in [-0.39, 0.29) is 0 Å². The summed E-state index contributed by atoms with van der Waals surface area (Å²) in [5, 5.41) is 15.1. The van der Waals surface area contributed by atoms with E-state index in [9.17, 15) is 4.79 Å². The highest BCUT2D eigenvalue weighted by atomic mass is 32.1. The Morgan fingerprint density at radius 3 is 2.95 bits per heavy atom. The zero-order valence-corrected chi connectivity index (χ0v) is 12.4. The van der Waals surface area contributed by atoms with Crippen LogP contribution in [0.15, 0.2) is 17.0 Å². The maximum absolute atomic E-state index is 10.7. The van der Waals surface area contributed by atoms with E-state index in [4.69, 9.17) is 5.11 Å². The largest absolute Gasteiger partial charge is 0.478 e. The van der Waals surface area contributed by atoms with E-state index >= 15 is 0 Å². The minimum atomic E-state index is -0.971. The van der Waals surface area contributed by atoms with Gasteiger partial charge in [-0.1, -0.05) is 0 Å². The summed E-state index contributed by atoms with van der Waals surface area (Å²) in [4.78, 5) is 17.0. The summed E-state index contributed by atoms with van der Waals surface area (Å²) in [6.07, 6.45) is 2.71. The molecule has 0 saturated heterocycles. The molecule has 20 heavy (non-hydrogen) atoms. The molecule has 7 heteroatoms. The van der Waals surface area contributed by atoms with Gasteiger partial charge in [0.2, 0.25) is 0 Å². The van der Waals surface area contributed by atoms with E-state index in [1.54, 1.807) is 27.6 Å². The fraction of sp³-hybridized carbons (Fsp3) is 0.308. The quantitative estimate of drug-likeness (QED) is 0.852. The lowest BCUT2D eigenvalue weighted by Crippen LogP contribution is -2.20. The summed E-state index contributed by atoms with van der Waals surface area (Å²) >= 11 is 1.55. The molecule has 2 aromatic rings. The Labute approximate surface area is 121 Å². The van der Waals surface area contributed by atoms with Crippen LogP contribution in [-0.4, -0.2) is 32.9 Å². The molecular formula is C13H16N4O2S. The Bertz CT molecular complexity index is 631. The standard InChI is InChI=1S/C13H16N4O2S/c1-9-11(4-5-12(18)19)13(17(3)15-9)16(2)6-10-7-20-8-14-10/h4-5,7-8H,6H2,1-3H3,(H,18,19). The van der Waals surface area contributed by atoms with Gasteiger partial charge in [-0.25, -0.2) is 9.78 Å². The fourth-order valence-corrected chi connectivity index (χ4v) is 2.65. The molecule has 0 aromatic carbocycles. The van der Waals surface area contributed by atoms with Gasteiger partial charge in [-0.05, 0) is 13.0 Å². The molecule has 0 aliphatic heterocycles. The van der Waals surface area contributed by atoms with Crippen molar-refractivity contribution >= 4 is 29.2 Å². The minimum absolute atomic E-state index is 0.649. The van der Waals surface area contributed by atoms with Crippen molar-refractivity contribution in [2.45, 2.75) is 13.5 Å². The van der Waals surface area contributed by atoms with Gasteiger partial charge < -0.3 is 10.0 Å². The number of thiazole rings is 1. The Morgan fingerprint density at radius 1 is 1.60 bits per heavy atom. The molecule has 0 unspecified atom stereocenters. The van der Waals surface area contributed by atoms with Crippen molar-refractivity contribution in [1.29, 1.82) is 0 Å². The van der Waals surface area contributed by atoms with E-state index in [0.29, 0.717) is 6.54 Å². The number of aliphatic carboxylic acids is 1. The first-order chi connectivity index (χ1) is 9.49. The first-order valence-corrected chi connectivity index (χ1v) is 6.96. The van der Waals surface area contributed by atoms with Gasteiger partial charge in [0.15, 0.2) is 0 Å². The molecule has 0 amide bonds. The van der Waals surface area contributed by atoms with E-state index in [0.717, 1.165) is 28.8 Å². The van der Waals surface area contributed by atoms with Crippen molar-refractivity contribution in [2.75, 3.05) is 11.9 Å². The number of hydrogen-bond acceptors (Lipinski definition) is 5. The molecular weight excluding hydrogens is 276 g/mol. The van der Waals surface area contributed by atoms with Gasteiger partial charge in [0.25, 0.3) is 0 Å². The average molecular weight is 292 g/mol. The molecule has 1 N–H and O–H groups in total. The molecule has 0 aliphatic rings. The highest BCUT2D eigenvalue weighted by Gasteiger charge is 2.16. The Kier molecular flexibility index (Phi) is 4.19. The molecule has 2 rings (SSSR count). The van der Waals surface area contributed by atoms with Gasteiger partial charge in [0, 0.05) is 31.1 Å². The molecule has 0 spiro atoms. The topological polar surface area (TPSA) is 71.2 Å². The Hall–Kier alpha value is -2.15. The molecule has 0 saturated carbocycles. The Morgan fingerprint density at radius 2 is 2.35 bits per heavy atom. The molecule has 0 atom stereocenters. The van der Waals surface area contributed by atoms with Crippen LogP contribution in [0.2, 0.25) is 0 Å². The van der Waals surface area contributed by atoms with Gasteiger partial charge in [0.05, 0.1) is 23.4 Å². The van der Waals surface area contributed by atoms with Crippen LogP contribution in [0.5, 0.6) is 0 Å². The lowest BCUT2D eigenvalue weighted by molar-refractivity contribution is -0.131. The minimum Gasteiger partial charge on any atom is -0.478 e. The number of hydrogen-bond donors (Lipinski definition) is 1. The van der Waals surface area contributed by atoms with E-state index < -0.39 is 5.97 Å². The monoisotopic (exact) mass is 292 g/mol. The smallest absolute Gasteiger partial charge is 0.328 e. The Balaban J connectivity index is 2.32. The van der Waals surface area contributed by atoms with Crippen molar-refractivity contribution < 1.29 is 9.90 Å². The number of carboxylic acids is 1. The number of aromatic nitrogens is 3. The molecule has 6 nitrogen and oxygen atoms in total. The van der Waals surface area contributed by atoms with Crippen molar-refractivity contribution in [3.8, 4) is 0 Å². The lowest BCUT2D eigenvalue weighted by Gasteiger charge is -2.19. The average Bonchev–Trinajstić information content (AvgIpc) is 2.94. The van der Waals surface area contributed by atoms with Gasteiger partial charge in [-0.15, -0.1) is 11.3 Å². The number of anilines is 1. The maximum atomic E-state index is 10.7. The third kappa shape index (κ3) is 3.05. The van der Waals surface area contributed by atoms with Gasteiger partial charge in [-0.2, -0.15) is 5.10 Å². The second-order valence-corrected chi connectivity index (χ2v) is 5.17. The fourth-order valence-electron chi connectivity index (χ4n) is 2.10. The number of rotatable bonds is 5. The first-order valence-electron chi connectivity index (χ1n) is 6.02. The number of aryl methyl sites for hydroxylation is 2. The predicted octanol–water partition coefficient (Wildman–Crippen LogP) is 1.92. The van der Waals surface area contributed by atoms with Gasteiger partial charge in [-0.3, -0.25) is 4.68 Å². The van der Waals surface area contributed by atoms with E-state index in [1.165, 1.54) is 0 Å². The van der Waals surface area contributed by atoms with Crippen LogP contribution in [0.1, 0.15) is 17.0 Å². The lowest BCUT2D eigenvalue weighted by atomic mass is 10.2. The van der Waals surface area contributed by atoms with E-state index in [1.807, 2.05) is 31.3 Å². The van der Waals surface area contributed by atoms with Gasteiger partial charge >= 0.3 is 5.97 Å². The van der Waals surface area contributed by atoms with Crippen molar-refractivity contribution in [3.05, 3.63) is 33.9 Å². The van der Waals surface area contributed by atoms with Crippen molar-refractivity contribution in [2.24, 2.45) is 7.05 Å². The second-order valence-electron chi connectivity index (χ2n) is 4.45. The number of carbonyl (C=O) groups is 1. The molecule has 0 aliphatic carbocycles. The maximum Gasteiger partial charge on any atom is 0.328 e. The molecule has 0 radical (unpaired) electrons. The van der Waals surface area contributed by atoms with Crippen LogP contribution in [0.25, 0.3) is 6.08 Å². The van der Waals surface area contributed by atoms with Crippen LogP contribution in [-0.2, 0) is 18.4 Å². The summed E-state index contributed by atoms with van der Waals surface area (Å²) in [5.74, 6) is -0.102. The van der Waals surface area contributed by atoms with Crippen molar-refractivity contribution in [1.82, 2.24) is 14.8 Å². The van der Waals surface area contributed by atoms with Crippen LogP contribution in [0, 0.1) is 6.92 Å². The molecule has 0 fully saturated rings. The predicted molar refractivity (Wildman–Crippen MR) is 78.8 cm³/mol. The van der Waals surface area contributed by atoms with Crippen molar-refractivity contribution in [3.63, 3.8) is 0 Å². The van der Waals surface area contributed by atoms with Gasteiger partial charge in [0.1, 0.15) is 5.82 Å². The number of nitrogens with zero attached hydrogens (tertiary/aromatic N) is 4. The highest BCUT2D eigenvalue weighted by Crippen LogP contribution is 2.25. The number of carboxylic acid groups (broad SMARTS) is 1. The zero-order chi connectivity index (χ0) is 14.7. The zero-order valence-electron chi connectivity index (χ0n) is 11.6. The van der Waals surface area contributed by atoms with Crippen LogP contribution >= 0.6 is 11.3 Å². The van der Waals surface area contributed by atoms with E-state index in [2.05, 4.69) is 10.1 Å². The molecule has 2 aromatic heterocycles. The summed E-state index contributed by atoms with van der Waals surface area (Å²) in [7, 11) is 3.78. The highest BCUT2D eigenvalue weighted by molar-refractivity contribution is 7.07. The van der Waals surface area contributed by atoms with Crippen LogP contribution in [0.3, 0.4) is 0 Å². The summed E-state index contributed by atoms with van der Waals surface area (Å²) in [6.45, 7) is 2.51. The summed E-state index contributed by atoms with van der Waals surface area (Å²) in [6, 6.07) is 0. The van der Waals surface area contributed by atoms with Crippen LogP contribution < -0.4 is 4.90 Å². The molecule has 106 valence electrons. The third-order valence-electron chi connectivity index (χ3n) is 2.87. The molecule has 2 heterocycles. The third-order valence-corrected chi connectivity index (χ3v) is 3.51. The molecule has 0 bridgehead atoms. The second kappa shape index (κ2) is 5.87. The summed E-state index contributed by atoms with van der Waals surface area (Å²) in [5.41, 5.74) is 4.38. The first kappa shape index (κ1) is 14.3.